The maximum atomic E-state index is 11.7. The minimum atomic E-state index is -0.238. The van der Waals surface area contributed by atoms with E-state index in [2.05, 4.69) is 9.97 Å². The van der Waals surface area contributed by atoms with E-state index >= 15 is 0 Å². The van der Waals surface area contributed by atoms with Crippen molar-refractivity contribution in [2.75, 3.05) is 18.1 Å². The predicted molar refractivity (Wildman–Crippen MR) is 76.5 cm³/mol. The summed E-state index contributed by atoms with van der Waals surface area (Å²) in [5.74, 6) is 0.549. The van der Waals surface area contributed by atoms with Gasteiger partial charge in [-0.2, -0.15) is 0 Å². The molecule has 0 radical (unpaired) electrons. The van der Waals surface area contributed by atoms with Crippen LogP contribution in [0.25, 0.3) is 10.2 Å². The van der Waals surface area contributed by atoms with Gasteiger partial charge in [-0.3, -0.25) is 4.79 Å². The van der Waals surface area contributed by atoms with Crippen LogP contribution >= 0.6 is 11.3 Å². The Balaban J connectivity index is 2.33. The van der Waals surface area contributed by atoms with Crippen LogP contribution in [0.3, 0.4) is 0 Å². The first-order valence-electron chi connectivity index (χ1n) is 6.24. The summed E-state index contributed by atoms with van der Waals surface area (Å²) in [6.45, 7) is 6.45. The third-order valence-corrected chi connectivity index (χ3v) is 3.56. The molecule has 5 nitrogen and oxygen atoms in total. The van der Waals surface area contributed by atoms with Gasteiger partial charge in [-0.25, -0.2) is 9.97 Å². The van der Waals surface area contributed by atoms with Crippen molar-refractivity contribution in [2.45, 2.75) is 26.8 Å². The summed E-state index contributed by atoms with van der Waals surface area (Å²) in [6.07, 6.45) is 1.54. The number of esters is 1. The summed E-state index contributed by atoms with van der Waals surface area (Å²) in [7, 11) is 0. The Labute approximate surface area is 116 Å². The molecule has 0 aliphatic carbocycles. The standard InChI is InChI=1S/C13H17N3O2S/c1-4-18-11(17)7-16(9(2)3)12-10-5-6-19-13(10)15-8-14-12/h5-6,8-9H,4,7H2,1-3H3. The lowest BCUT2D eigenvalue weighted by atomic mass is 10.2. The van der Waals surface area contributed by atoms with Gasteiger partial charge in [0.15, 0.2) is 0 Å². The number of ether oxygens (including phenoxy) is 1. The number of nitrogens with zero attached hydrogens (tertiary/aromatic N) is 3. The number of carbonyl (C=O) groups is 1. The molecule has 0 fully saturated rings. The highest BCUT2D eigenvalue weighted by atomic mass is 32.1. The van der Waals surface area contributed by atoms with Gasteiger partial charge in [0.2, 0.25) is 0 Å². The fourth-order valence-electron chi connectivity index (χ4n) is 1.85. The number of fused-ring (bicyclic) bond motifs is 1. The summed E-state index contributed by atoms with van der Waals surface area (Å²) in [6, 6.07) is 2.14. The minimum absolute atomic E-state index is 0.155. The molecule has 2 aromatic rings. The van der Waals surface area contributed by atoms with Crippen LogP contribution in [-0.4, -0.2) is 35.1 Å². The average Bonchev–Trinajstić information content (AvgIpc) is 2.84. The Morgan fingerprint density at radius 3 is 2.95 bits per heavy atom. The quantitative estimate of drug-likeness (QED) is 0.787. The van der Waals surface area contributed by atoms with Gasteiger partial charge < -0.3 is 9.64 Å². The van der Waals surface area contributed by atoms with E-state index in [4.69, 9.17) is 4.74 Å². The molecule has 0 saturated heterocycles. The fraction of sp³-hybridized carbons (Fsp3) is 0.462. The van der Waals surface area contributed by atoms with Crippen molar-refractivity contribution in [3.63, 3.8) is 0 Å². The molecule has 0 saturated carbocycles. The van der Waals surface area contributed by atoms with Crippen molar-refractivity contribution in [2.24, 2.45) is 0 Å². The largest absolute Gasteiger partial charge is 0.465 e. The van der Waals surface area contributed by atoms with Crippen LogP contribution < -0.4 is 4.90 Å². The highest BCUT2D eigenvalue weighted by molar-refractivity contribution is 7.16. The van der Waals surface area contributed by atoms with E-state index < -0.39 is 0 Å². The minimum Gasteiger partial charge on any atom is -0.465 e. The molecule has 0 aliphatic rings. The zero-order valence-electron chi connectivity index (χ0n) is 11.3. The van der Waals surface area contributed by atoms with Crippen LogP contribution in [0.4, 0.5) is 5.82 Å². The summed E-state index contributed by atoms with van der Waals surface area (Å²) < 4.78 is 5.02. The Morgan fingerprint density at radius 1 is 1.47 bits per heavy atom. The highest BCUT2D eigenvalue weighted by Crippen LogP contribution is 2.27. The first-order chi connectivity index (χ1) is 9.13. The van der Waals surface area contributed by atoms with Crippen LogP contribution in [0, 0.1) is 0 Å². The zero-order valence-corrected chi connectivity index (χ0v) is 12.1. The van der Waals surface area contributed by atoms with Crippen LogP contribution in [0.1, 0.15) is 20.8 Å². The third kappa shape index (κ3) is 3.01. The Morgan fingerprint density at radius 2 is 2.26 bits per heavy atom. The van der Waals surface area contributed by atoms with Crippen molar-refractivity contribution in [3.05, 3.63) is 17.8 Å². The van der Waals surface area contributed by atoms with Crippen molar-refractivity contribution in [3.8, 4) is 0 Å². The number of carbonyl (C=O) groups excluding carboxylic acids is 1. The molecule has 0 N–H and O–H groups in total. The second-order valence-corrected chi connectivity index (χ2v) is 5.26. The molecule has 0 amide bonds. The maximum Gasteiger partial charge on any atom is 0.325 e. The molecule has 0 bridgehead atoms. The second-order valence-electron chi connectivity index (χ2n) is 4.36. The molecule has 102 valence electrons. The van der Waals surface area contributed by atoms with E-state index in [0.717, 1.165) is 16.0 Å². The topological polar surface area (TPSA) is 55.3 Å². The Hall–Kier alpha value is -1.69. The molecule has 19 heavy (non-hydrogen) atoms. The second kappa shape index (κ2) is 5.97. The lowest BCUT2D eigenvalue weighted by Crippen LogP contribution is -2.37. The number of hydrogen-bond donors (Lipinski definition) is 0. The molecular weight excluding hydrogens is 262 g/mol. The maximum absolute atomic E-state index is 11.7. The SMILES string of the molecule is CCOC(=O)CN(c1ncnc2sccc12)C(C)C. The predicted octanol–water partition coefficient (Wildman–Crippen LogP) is 2.47. The van der Waals surface area contributed by atoms with E-state index in [1.807, 2.05) is 30.2 Å². The van der Waals surface area contributed by atoms with Gasteiger partial charge in [0, 0.05) is 6.04 Å². The molecule has 0 aromatic carbocycles. The Bertz CT molecular complexity index is 568. The molecule has 0 unspecified atom stereocenters. The van der Waals surface area contributed by atoms with Crippen molar-refractivity contribution in [1.29, 1.82) is 0 Å². The zero-order chi connectivity index (χ0) is 13.8. The van der Waals surface area contributed by atoms with Crippen molar-refractivity contribution >= 4 is 33.3 Å². The fourth-order valence-corrected chi connectivity index (χ4v) is 2.58. The van der Waals surface area contributed by atoms with Gasteiger partial charge in [0.05, 0.1) is 12.0 Å². The van der Waals surface area contributed by atoms with E-state index in [1.54, 1.807) is 18.3 Å². The van der Waals surface area contributed by atoms with E-state index in [9.17, 15) is 4.79 Å². The van der Waals surface area contributed by atoms with Crippen LogP contribution in [0.15, 0.2) is 17.8 Å². The molecule has 0 spiro atoms. The molecule has 2 rings (SSSR count). The summed E-state index contributed by atoms with van der Waals surface area (Å²) >= 11 is 1.57. The van der Waals surface area contributed by atoms with Gasteiger partial charge in [-0.05, 0) is 32.2 Å². The monoisotopic (exact) mass is 279 g/mol. The van der Waals surface area contributed by atoms with Crippen LogP contribution in [0.5, 0.6) is 0 Å². The average molecular weight is 279 g/mol. The molecule has 2 aromatic heterocycles. The van der Waals surface area contributed by atoms with E-state index in [0.29, 0.717) is 6.61 Å². The van der Waals surface area contributed by atoms with Crippen molar-refractivity contribution in [1.82, 2.24) is 9.97 Å². The first-order valence-corrected chi connectivity index (χ1v) is 7.12. The lowest BCUT2D eigenvalue weighted by Gasteiger charge is -2.27. The number of aromatic nitrogens is 2. The summed E-state index contributed by atoms with van der Waals surface area (Å²) in [5.41, 5.74) is 0. The van der Waals surface area contributed by atoms with Crippen LogP contribution in [0.2, 0.25) is 0 Å². The molecule has 2 heterocycles. The lowest BCUT2D eigenvalue weighted by molar-refractivity contribution is -0.141. The van der Waals surface area contributed by atoms with E-state index in [1.165, 1.54) is 6.33 Å². The number of rotatable bonds is 5. The molecule has 0 atom stereocenters. The van der Waals surface area contributed by atoms with Gasteiger partial charge in [0.25, 0.3) is 0 Å². The molecular formula is C13H17N3O2S. The summed E-state index contributed by atoms with van der Waals surface area (Å²) in [5, 5.41) is 2.96. The van der Waals surface area contributed by atoms with Crippen molar-refractivity contribution < 1.29 is 9.53 Å². The van der Waals surface area contributed by atoms with Gasteiger partial charge >= 0.3 is 5.97 Å². The number of anilines is 1. The third-order valence-electron chi connectivity index (χ3n) is 2.74. The molecule has 0 aliphatic heterocycles. The van der Waals surface area contributed by atoms with Gasteiger partial charge in [0.1, 0.15) is 23.5 Å². The highest BCUT2D eigenvalue weighted by Gasteiger charge is 2.19. The normalized spacial score (nSPS) is 10.9. The van der Waals surface area contributed by atoms with Gasteiger partial charge in [-0.1, -0.05) is 0 Å². The molecule has 6 heteroatoms. The summed E-state index contributed by atoms with van der Waals surface area (Å²) in [4.78, 5) is 23.1. The smallest absolute Gasteiger partial charge is 0.325 e. The van der Waals surface area contributed by atoms with Crippen LogP contribution in [-0.2, 0) is 9.53 Å². The first kappa shape index (κ1) is 13.7. The van der Waals surface area contributed by atoms with Gasteiger partial charge in [-0.15, -0.1) is 11.3 Å². The van der Waals surface area contributed by atoms with E-state index in [-0.39, 0.29) is 18.6 Å². The Kier molecular flexibility index (Phi) is 4.31. The number of hydrogen-bond acceptors (Lipinski definition) is 6. The number of thiophene rings is 1.